The number of aryl methyl sites for hydroxylation is 1. The zero-order valence-electron chi connectivity index (χ0n) is 12.5. The molecule has 0 aromatic heterocycles. The van der Waals surface area contributed by atoms with Gasteiger partial charge in [0, 0.05) is 31.4 Å². The lowest BCUT2D eigenvalue weighted by atomic mass is 10.1. The van der Waals surface area contributed by atoms with Crippen LogP contribution in [0.15, 0.2) is 23.1 Å². The fraction of sp³-hybridized carbons (Fsp3) is 0.600. The second kappa shape index (κ2) is 5.59. The first-order chi connectivity index (χ1) is 10.0. The molecule has 2 N–H and O–H groups in total. The Morgan fingerprint density at radius 1 is 1.29 bits per heavy atom. The minimum Gasteiger partial charge on any atom is -0.398 e. The summed E-state index contributed by atoms with van der Waals surface area (Å²) in [5, 5.41) is 0. The fourth-order valence-corrected chi connectivity index (χ4v) is 4.89. The van der Waals surface area contributed by atoms with Gasteiger partial charge >= 0.3 is 0 Å². The molecule has 3 rings (SSSR count). The Hall–Kier alpha value is -1.11. The molecule has 0 radical (unpaired) electrons. The summed E-state index contributed by atoms with van der Waals surface area (Å²) in [4.78, 5) is 2.73. The van der Waals surface area contributed by atoms with E-state index in [2.05, 4.69) is 4.90 Å². The van der Waals surface area contributed by atoms with Crippen molar-refractivity contribution in [3.63, 3.8) is 0 Å². The predicted octanol–water partition coefficient (Wildman–Crippen LogP) is 1.30. The standard InChI is InChI=1S/C15H23N3O2S/c1-2-12-5-6-14(10-15(12)16)21(19,20)18-9-8-17-7-3-4-13(17)11-18/h5-6,10,13H,2-4,7-9,11,16H2,1H3. The Morgan fingerprint density at radius 3 is 2.81 bits per heavy atom. The molecule has 1 atom stereocenters. The number of sulfonamides is 1. The van der Waals surface area contributed by atoms with Crippen LogP contribution in [0.25, 0.3) is 0 Å². The van der Waals surface area contributed by atoms with E-state index in [1.165, 1.54) is 6.42 Å². The normalized spacial score (nSPS) is 24.1. The van der Waals surface area contributed by atoms with E-state index in [0.717, 1.165) is 31.5 Å². The predicted molar refractivity (Wildman–Crippen MR) is 83.6 cm³/mol. The van der Waals surface area contributed by atoms with Gasteiger partial charge in [-0.15, -0.1) is 0 Å². The average Bonchev–Trinajstić information content (AvgIpc) is 2.94. The van der Waals surface area contributed by atoms with Crippen molar-refractivity contribution in [3.8, 4) is 0 Å². The number of hydrogen-bond donors (Lipinski definition) is 1. The van der Waals surface area contributed by atoms with Gasteiger partial charge in [-0.3, -0.25) is 4.90 Å². The number of hydrogen-bond acceptors (Lipinski definition) is 4. The van der Waals surface area contributed by atoms with Crippen LogP contribution in [0, 0.1) is 0 Å². The van der Waals surface area contributed by atoms with Gasteiger partial charge < -0.3 is 5.73 Å². The SMILES string of the molecule is CCc1ccc(S(=O)(=O)N2CCN3CCCC3C2)cc1N. The molecule has 116 valence electrons. The molecule has 2 saturated heterocycles. The molecule has 0 aliphatic carbocycles. The highest BCUT2D eigenvalue weighted by molar-refractivity contribution is 7.89. The van der Waals surface area contributed by atoms with Crippen molar-refractivity contribution in [2.75, 3.05) is 31.9 Å². The number of rotatable bonds is 3. The molecule has 2 aliphatic heterocycles. The van der Waals surface area contributed by atoms with E-state index in [0.29, 0.717) is 29.7 Å². The van der Waals surface area contributed by atoms with Crippen LogP contribution in [0.4, 0.5) is 5.69 Å². The van der Waals surface area contributed by atoms with E-state index < -0.39 is 10.0 Å². The summed E-state index contributed by atoms with van der Waals surface area (Å²) in [5.41, 5.74) is 7.52. The summed E-state index contributed by atoms with van der Waals surface area (Å²) in [6, 6.07) is 5.51. The van der Waals surface area contributed by atoms with Crippen LogP contribution in [0.5, 0.6) is 0 Å². The molecular formula is C15H23N3O2S. The molecule has 0 spiro atoms. The second-order valence-electron chi connectivity index (χ2n) is 5.91. The Labute approximate surface area is 126 Å². The lowest BCUT2D eigenvalue weighted by molar-refractivity contribution is 0.158. The average molecular weight is 309 g/mol. The third-order valence-electron chi connectivity index (χ3n) is 4.69. The van der Waals surface area contributed by atoms with Crippen molar-refractivity contribution < 1.29 is 8.42 Å². The van der Waals surface area contributed by atoms with Crippen LogP contribution in [0.2, 0.25) is 0 Å². The lowest BCUT2D eigenvalue weighted by Crippen LogP contribution is -2.51. The first-order valence-corrected chi connectivity index (χ1v) is 9.09. The monoisotopic (exact) mass is 309 g/mol. The van der Waals surface area contributed by atoms with Gasteiger partial charge in [0.2, 0.25) is 10.0 Å². The van der Waals surface area contributed by atoms with Gasteiger partial charge in [-0.1, -0.05) is 13.0 Å². The van der Waals surface area contributed by atoms with Crippen molar-refractivity contribution >= 4 is 15.7 Å². The maximum atomic E-state index is 12.8. The molecule has 1 unspecified atom stereocenters. The van der Waals surface area contributed by atoms with Crippen LogP contribution in [0.1, 0.15) is 25.3 Å². The van der Waals surface area contributed by atoms with Gasteiger partial charge in [0.25, 0.3) is 0 Å². The highest BCUT2D eigenvalue weighted by Crippen LogP contribution is 2.27. The van der Waals surface area contributed by atoms with E-state index in [1.807, 2.05) is 13.0 Å². The van der Waals surface area contributed by atoms with Crippen LogP contribution in [0.3, 0.4) is 0 Å². The molecule has 0 bridgehead atoms. The highest BCUT2D eigenvalue weighted by atomic mass is 32.2. The van der Waals surface area contributed by atoms with Gasteiger partial charge in [-0.2, -0.15) is 4.31 Å². The number of anilines is 1. The zero-order chi connectivity index (χ0) is 15.0. The molecule has 0 saturated carbocycles. The lowest BCUT2D eigenvalue weighted by Gasteiger charge is -2.36. The van der Waals surface area contributed by atoms with Gasteiger partial charge in [0.05, 0.1) is 4.90 Å². The molecule has 0 amide bonds. The third-order valence-corrected chi connectivity index (χ3v) is 6.55. The largest absolute Gasteiger partial charge is 0.398 e. The van der Waals surface area contributed by atoms with Gasteiger partial charge in [0.15, 0.2) is 0 Å². The number of benzene rings is 1. The van der Waals surface area contributed by atoms with E-state index >= 15 is 0 Å². The van der Waals surface area contributed by atoms with Crippen molar-refractivity contribution in [1.29, 1.82) is 0 Å². The van der Waals surface area contributed by atoms with E-state index in [4.69, 9.17) is 5.73 Å². The Bertz CT molecular complexity index is 630. The summed E-state index contributed by atoms with van der Waals surface area (Å²) in [6.07, 6.45) is 3.09. The zero-order valence-corrected chi connectivity index (χ0v) is 13.3. The van der Waals surface area contributed by atoms with Crippen molar-refractivity contribution in [1.82, 2.24) is 9.21 Å². The second-order valence-corrected chi connectivity index (χ2v) is 7.85. The number of nitrogens with two attached hydrogens (primary N) is 1. The van der Waals surface area contributed by atoms with E-state index in [9.17, 15) is 8.42 Å². The van der Waals surface area contributed by atoms with Crippen LogP contribution in [-0.4, -0.2) is 49.8 Å². The molecule has 2 heterocycles. The summed E-state index contributed by atoms with van der Waals surface area (Å²) in [7, 11) is -3.42. The number of piperazine rings is 1. The Balaban J connectivity index is 1.85. The van der Waals surface area contributed by atoms with Crippen LogP contribution < -0.4 is 5.73 Å². The summed E-state index contributed by atoms with van der Waals surface area (Å²) in [6.45, 7) is 5.15. The Morgan fingerprint density at radius 2 is 2.10 bits per heavy atom. The molecule has 5 nitrogen and oxygen atoms in total. The Kier molecular flexibility index (Phi) is 3.94. The molecule has 1 aromatic rings. The van der Waals surface area contributed by atoms with Gasteiger partial charge in [-0.25, -0.2) is 8.42 Å². The molecule has 21 heavy (non-hydrogen) atoms. The number of fused-ring (bicyclic) bond motifs is 1. The van der Waals surface area contributed by atoms with E-state index in [-0.39, 0.29) is 0 Å². The molecule has 6 heteroatoms. The van der Waals surface area contributed by atoms with Crippen LogP contribution in [-0.2, 0) is 16.4 Å². The highest BCUT2D eigenvalue weighted by Gasteiger charge is 2.36. The minimum atomic E-state index is -3.42. The molecule has 1 aromatic carbocycles. The molecular weight excluding hydrogens is 286 g/mol. The first-order valence-electron chi connectivity index (χ1n) is 7.65. The maximum absolute atomic E-state index is 12.8. The fourth-order valence-electron chi connectivity index (χ4n) is 3.39. The van der Waals surface area contributed by atoms with Crippen molar-refractivity contribution in [2.24, 2.45) is 0 Å². The van der Waals surface area contributed by atoms with E-state index in [1.54, 1.807) is 16.4 Å². The smallest absolute Gasteiger partial charge is 0.243 e. The first kappa shape index (κ1) is 14.8. The number of nitrogens with zero attached hydrogens (tertiary/aromatic N) is 2. The summed E-state index contributed by atoms with van der Waals surface area (Å²) in [5.74, 6) is 0. The van der Waals surface area contributed by atoms with Crippen LogP contribution >= 0.6 is 0 Å². The minimum absolute atomic E-state index is 0.323. The molecule has 2 aliphatic rings. The van der Waals surface area contributed by atoms with Gasteiger partial charge in [-0.05, 0) is 43.5 Å². The third kappa shape index (κ3) is 2.67. The summed E-state index contributed by atoms with van der Waals surface area (Å²) < 4.78 is 27.2. The van der Waals surface area contributed by atoms with Crippen molar-refractivity contribution in [3.05, 3.63) is 23.8 Å². The van der Waals surface area contributed by atoms with Crippen molar-refractivity contribution in [2.45, 2.75) is 37.1 Å². The topological polar surface area (TPSA) is 66.6 Å². The summed E-state index contributed by atoms with van der Waals surface area (Å²) >= 11 is 0. The quantitative estimate of drug-likeness (QED) is 0.855. The number of nitrogen functional groups attached to an aromatic ring is 1. The van der Waals surface area contributed by atoms with Gasteiger partial charge in [0.1, 0.15) is 0 Å². The molecule has 2 fully saturated rings. The maximum Gasteiger partial charge on any atom is 0.243 e.